The number of aromatic nitrogens is 2. The molecule has 0 spiro atoms. The van der Waals surface area contributed by atoms with Gasteiger partial charge in [-0.3, -0.25) is 0 Å². The lowest BCUT2D eigenvalue weighted by Gasteiger charge is -2.36. The van der Waals surface area contributed by atoms with E-state index < -0.39 is 10.8 Å². The molecule has 7 heteroatoms. The molecule has 6 aromatic carbocycles. The van der Waals surface area contributed by atoms with Crippen LogP contribution in [0.1, 0.15) is 197 Å². The summed E-state index contributed by atoms with van der Waals surface area (Å²) in [7, 11) is 0. The third kappa shape index (κ3) is 10.8. The van der Waals surface area contributed by atoms with Crippen molar-refractivity contribution in [3.63, 3.8) is 0 Å². The molecule has 2 aliphatic rings. The molecule has 85 heavy (non-hydrogen) atoms. The summed E-state index contributed by atoms with van der Waals surface area (Å²) in [6, 6.07) is 61.4. The largest absolute Gasteiger partial charge is 0.172 e. The minimum atomic E-state index is -0.601. The Morgan fingerprint density at radius 1 is 0.341 bits per heavy atom. The third-order valence-corrected chi connectivity index (χ3v) is 23.4. The molecular weight excluding hydrogens is 1130 g/mol. The Bertz CT molecular complexity index is 3890. The molecule has 0 N–H and O–H groups in total. The Kier molecular flexibility index (Phi) is 17.8. The van der Waals surface area contributed by atoms with Gasteiger partial charge in [-0.2, -0.15) is 8.75 Å². The second kappa shape index (κ2) is 26.1. The monoisotopic (exact) mass is 1200 g/mol. The summed E-state index contributed by atoms with van der Waals surface area (Å²) in [5.74, 6) is 0. The standard InChI is InChI=1S/C78H80N2S5/c1-5-9-13-17-22-53-27-35-57(36-28-53)77(58-37-29-54(30-38-58)23-18-14-10-6-2)66-47-49-82-75(66)63-50-68-64(51-67(63)77)76-72(65(52-83-76)71-46-45-70(84-71)62-44-43-61(69-26-21-48-81-69)73-74(62)80-85-79-73)78(68,59-39-31-55(32-40-59)24-19-15-11-7-3)60-41-33-56(34-42-60)25-20-16-12-8-4/h21,26-52H,5-20,22-25H2,1-4H3. The predicted octanol–water partition coefficient (Wildman–Crippen LogP) is 24.2. The Morgan fingerprint density at radius 3 is 1.24 bits per heavy atom. The first-order chi connectivity index (χ1) is 42.0. The van der Waals surface area contributed by atoms with Crippen molar-refractivity contribution in [2.45, 2.75) is 167 Å². The van der Waals surface area contributed by atoms with Crippen LogP contribution in [0.25, 0.3) is 63.2 Å². The second-order valence-corrected chi connectivity index (χ2v) is 28.6. The second-order valence-electron chi connectivity index (χ2n) is 24.3. The first kappa shape index (κ1) is 58.0. The molecule has 5 heterocycles. The van der Waals surface area contributed by atoms with Gasteiger partial charge in [-0.15, -0.1) is 45.3 Å². The van der Waals surface area contributed by atoms with Crippen LogP contribution >= 0.6 is 57.1 Å². The van der Waals surface area contributed by atoms with Gasteiger partial charge in [0.05, 0.1) is 22.6 Å². The molecule has 13 rings (SSSR count). The molecule has 11 aromatic rings. The number of hydrogen-bond acceptors (Lipinski definition) is 7. The molecule has 2 nitrogen and oxygen atoms in total. The van der Waals surface area contributed by atoms with Gasteiger partial charge in [0.2, 0.25) is 0 Å². The number of thiophene rings is 4. The van der Waals surface area contributed by atoms with Crippen LogP contribution in [-0.4, -0.2) is 8.75 Å². The van der Waals surface area contributed by atoms with Gasteiger partial charge in [-0.1, -0.05) is 220 Å². The van der Waals surface area contributed by atoms with Crippen molar-refractivity contribution in [3.8, 4) is 52.2 Å². The van der Waals surface area contributed by atoms with Gasteiger partial charge < -0.3 is 0 Å². The van der Waals surface area contributed by atoms with Crippen molar-refractivity contribution < 1.29 is 0 Å². The van der Waals surface area contributed by atoms with E-state index in [1.165, 1.54) is 222 Å². The summed E-state index contributed by atoms with van der Waals surface area (Å²) >= 11 is 8.87. The zero-order valence-electron chi connectivity index (χ0n) is 50.2. The number of aryl methyl sites for hydroxylation is 4. The van der Waals surface area contributed by atoms with E-state index in [-0.39, 0.29) is 0 Å². The molecule has 0 saturated carbocycles. The SMILES string of the molecule is CCCCCCc1ccc(C2(c3ccc(CCCCCC)cc3)c3cc4c(cc3-c3sccc32)C(c2ccc(CCCCCC)cc2)(c2ccc(CCCCCC)cc2)c2c(-c3ccc(-c5ccc(-c6cccs6)c6nsnc56)s3)csc2-4)cc1. The third-order valence-electron chi connectivity index (χ3n) is 18.9. The van der Waals surface area contributed by atoms with Crippen molar-refractivity contribution in [2.24, 2.45) is 0 Å². The van der Waals surface area contributed by atoms with Crippen LogP contribution < -0.4 is 0 Å². The highest BCUT2D eigenvalue weighted by molar-refractivity contribution is 7.20. The summed E-state index contributed by atoms with van der Waals surface area (Å²) in [6.45, 7) is 9.24. The van der Waals surface area contributed by atoms with E-state index in [9.17, 15) is 0 Å². The van der Waals surface area contributed by atoms with E-state index in [2.05, 4.69) is 195 Å². The molecule has 0 atom stereocenters. The lowest BCUT2D eigenvalue weighted by Crippen LogP contribution is -2.30. The maximum absolute atomic E-state index is 4.98. The zero-order valence-corrected chi connectivity index (χ0v) is 54.3. The molecular formula is C78H80N2S5. The maximum atomic E-state index is 4.98. The van der Waals surface area contributed by atoms with E-state index in [0.29, 0.717) is 0 Å². The number of unbranched alkanes of at least 4 members (excludes halogenated alkanes) is 12. The van der Waals surface area contributed by atoms with Crippen LogP contribution in [0.2, 0.25) is 0 Å². The molecule has 0 amide bonds. The molecule has 0 fully saturated rings. The van der Waals surface area contributed by atoms with Gasteiger partial charge >= 0.3 is 0 Å². The molecule has 0 aliphatic heterocycles. The van der Waals surface area contributed by atoms with E-state index >= 15 is 0 Å². The normalized spacial score (nSPS) is 13.6. The minimum Gasteiger partial charge on any atom is -0.172 e. The molecule has 0 unspecified atom stereocenters. The number of benzene rings is 6. The summed E-state index contributed by atoms with van der Waals surface area (Å²) < 4.78 is 9.89. The quantitative estimate of drug-likeness (QED) is 0.0480. The highest BCUT2D eigenvalue weighted by Gasteiger charge is 2.53. The first-order valence-electron chi connectivity index (χ1n) is 32.2. The van der Waals surface area contributed by atoms with Crippen LogP contribution in [-0.2, 0) is 36.5 Å². The van der Waals surface area contributed by atoms with Crippen LogP contribution in [0.3, 0.4) is 0 Å². The molecule has 0 bridgehead atoms. The van der Waals surface area contributed by atoms with E-state index in [1.54, 1.807) is 11.3 Å². The highest BCUT2D eigenvalue weighted by atomic mass is 32.1. The van der Waals surface area contributed by atoms with E-state index in [4.69, 9.17) is 8.75 Å². The lowest BCUT2D eigenvalue weighted by atomic mass is 9.65. The fourth-order valence-corrected chi connectivity index (χ4v) is 19.0. The van der Waals surface area contributed by atoms with Crippen LogP contribution in [0.5, 0.6) is 0 Å². The smallest absolute Gasteiger partial charge is 0.114 e. The minimum absolute atomic E-state index is 0.497. The number of nitrogens with zero attached hydrogens (tertiary/aromatic N) is 2. The number of rotatable bonds is 27. The van der Waals surface area contributed by atoms with Crippen molar-refractivity contribution in [2.75, 3.05) is 0 Å². The maximum Gasteiger partial charge on any atom is 0.114 e. The Balaban J connectivity index is 1.03. The molecule has 0 radical (unpaired) electrons. The number of fused-ring (bicyclic) bond motifs is 7. The van der Waals surface area contributed by atoms with E-state index in [0.717, 1.165) is 47.8 Å². The van der Waals surface area contributed by atoms with Gasteiger partial charge in [-0.05, 0) is 176 Å². The van der Waals surface area contributed by atoms with E-state index in [1.807, 2.05) is 34.0 Å². The van der Waals surface area contributed by atoms with Crippen molar-refractivity contribution in [3.05, 3.63) is 235 Å². The van der Waals surface area contributed by atoms with Crippen LogP contribution in [0, 0.1) is 0 Å². The van der Waals surface area contributed by atoms with Gasteiger partial charge in [0.25, 0.3) is 0 Å². The fraction of sp³-hybridized carbons (Fsp3) is 0.333. The molecule has 2 aliphatic carbocycles. The van der Waals surface area contributed by atoms with Crippen LogP contribution in [0.4, 0.5) is 0 Å². The van der Waals surface area contributed by atoms with Gasteiger partial charge in [-0.25, -0.2) is 0 Å². The summed E-state index contributed by atoms with van der Waals surface area (Å²) in [6.07, 6.45) is 24.7. The lowest BCUT2D eigenvalue weighted by molar-refractivity contribution is 0.666. The first-order valence-corrected chi connectivity index (χ1v) is 36.3. The average Bonchev–Trinajstić information content (AvgIpc) is 1.55. The summed E-state index contributed by atoms with van der Waals surface area (Å²) in [5.41, 5.74) is 24.0. The highest BCUT2D eigenvalue weighted by Crippen LogP contribution is 2.66. The molecule has 0 saturated heterocycles. The predicted molar refractivity (Wildman–Crippen MR) is 371 cm³/mol. The number of hydrogen-bond donors (Lipinski definition) is 0. The van der Waals surface area contributed by atoms with Crippen LogP contribution in [0.15, 0.2) is 168 Å². The van der Waals surface area contributed by atoms with Gasteiger partial charge in [0.15, 0.2) is 0 Å². The molecule has 5 aromatic heterocycles. The van der Waals surface area contributed by atoms with Crippen molar-refractivity contribution >= 4 is 68.1 Å². The summed E-state index contributed by atoms with van der Waals surface area (Å²) in [4.78, 5) is 6.52. The Labute approximate surface area is 526 Å². The van der Waals surface area contributed by atoms with Gasteiger partial charge in [0, 0.05) is 46.5 Å². The Hall–Kier alpha value is -6.06. The summed E-state index contributed by atoms with van der Waals surface area (Å²) in [5, 5.41) is 7.04. The van der Waals surface area contributed by atoms with Crippen molar-refractivity contribution in [1.29, 1.82) is 0 Å². The zero-order chi connectivity index (χ0) is 57.7. The molecule has 432 valence electrons. The fourth-order valence-electron chi connectivity index (χ4n) is 14.4. The van der Waals surface area contributed by atoms with Gasteiger partial charge in [0.1, 0.15) is 11.0 Å². The van der Waals surface area contributed by atoms with Crippen molar-refractivity contribution in [1.82, 2.24) is 8.75 Å². The Morgan fingerprint density at radius 2 is 0.776 bits per heavy atom. The topological polar surface area (TPSA) is 25.8 Å². The average molecular weight is 1210 g/mol.